The SMILES string of the molecule is COc1ccc([C@H]2CC(=O)NC(SCC(=O)Nc3cccc(OC)c3)=C2C#N)cc1. The molecule has 3 rings (SSSR count). The number of ether oxygens (including phenoxy) is 2. The Balaban J connectivity index is 1.73. The van der Waals surface area contributed by atoms with Crippen LogP contribution in [0.15, 0.2) is 59.1 Å². The van der Waals surface area contributed by atoms with Crippen molar-refractivity contribution in [3.8, 4) is 17.6 Å². The third-order valence-electron chi connectivity index (χ3n) is 4.58. The highest BCUT2D eigenvalue weighted by Gasteiger charge is 2.29. The first-order valence-electron chi connectivity index (χ1n) is 9.18. The fourth-order valence-corrected chi connectivity index (χ4v) is 3.97. The lowest BCUT2D eigenvalue weighted by Crippen LogP contribution is -2.31. The van der Waals surface area contributed by atoms with Gasteiger partial charge < -0.3 is 20.1 Å². The Kier molecular flexibility index (Phi) is 6.99. The summed E-state index contributed by atoms with van der Waals surface area (Å²) in [6.45, 7) is 0. The van der Waals surface area contributed by atoms with E-state index in [4.69, 9.17) is 9.47 Å². The second kappa shape index (κ2) is 9.85. The predicted molar refractivity (Wildman–Crippen MR) is 115 cm³/mol. The predicted octanol–water partition coefficient (Wildman–Crippen LogP) is 3.41. The number of amides is 2. The van der Waals surface area contributed by atoms with Gasteiger partial charge in [0.25, 0.3) is 0 Å². The number of allylic oxidation sites excluding steroid dienone is 1. The number of thioether (sulfide) groups is 1. The van der Waals surface area contributed by atoms with E-state index in [-0.39, 0.29) is 29.9 Å². The number of methoxy groups -OCH3 is 2. The number of hydrogen-bond donors (Lipinski definition) is 2. The van der Waals surface area contributed by atoms with Crippen LogP contribution in [0, 0.1) is 11.3 Å². The minimum atomic E-state index is -0.362. The maximum Gasteiger partial charge on any atom is 0.234 e. The Labute approximate surface area is 179 Å². The van der Waals surface area contributed by atoms with Gasteiger partial charge in [0.1, 0.15) is 11.5 Å². The minimum absolute atomic E-state index is 0.0489. The molecule has 2 aromatic rings. The molecule has 0 unspecified atom stereocenters. The summed E-state index contributed by atoms with van der Waals surface area (Å²) in [5, 5.41) is 15.7. The van der Waals surface area contributed by atoms with E-state index in [0.717, 1.165) is 17.3 Å². The zero-order chi connectivity index (χ0) is 21.5. The molecule has 1 aliphatic heterocycles. The summed E-state index contributed by atoms with van der Waals surface area (Å²) >= 11 is 1.13. The molecule has 2 amide bonds. The van der Waals surface area contributed by atoms with Gasteiger partial charge in [-0.1, -0.05) is 30.0 Å². The van der Waals surface area contributed by atoms with Gasteiger partial charge in [0.2, 0.25) is 11.8 Å². The number of nitrogens with zero attached hydrogens (tertiary/aromatic N) is 1. The van der Waals surface area contributed by atoms with E-state index in [9.17, 15) is 14.9 Å². The van der Waals surface area contributed by atoms with Gasteiger partial charge in [-0.25, -0.2) is 0 Å². The molecule has 0 saturated carbocycles. The Bertz CT molecular complexity index is 1010. The van der Waals surface area contributed by atoms with E-state index in [1.807, 2.05) is 12.1 Å². The normalized spacial score (nSPS) is 15.8. The van der Waals surface area contributed by atoms with Crippen LogP contribution in [-0.4, -0.2) is 31.8 Å². The van der Waals surface area contributed by atoms with Crippen molar-refractivity contribution < 1.29 is 19.1 Å². The summed E-state index contributed by atoms with van der Waals surface area (Å²) in [6.07, 6.45) is 0.176. The zero-order valence-electron chi connectivity index (χ0n) is 16.6. The maximum absolute atomic E-state index is 12.3. The molecule has 8 heteroatoms. The first-order valence-corrected chi connectivity index (χ1v) is 10.2. The molecule has 1 atom stereocenters. The molecule has 2 N–H and O–H groups in total. The van der Waals surface area contributed by atoms with Gasteiger partial charge in [0, 0.05) is 24.1 Å². The van der Waals surface area contributed by atoms with E-state index >= 15 is 0 Å². The Morgan fingerprint density at radius 3 is 2.60 bits per heavy atom. The van der Waals surface area contributed by atoms with Crippen molar-refractivity contribution >= 4 is 29.3 Å². The highest BCUT2D eigenvalue weighted by atomic mass is 32.2. The van der Waals surface area contributed by atoms with Crippen molar-refractivity contribution in [1.82, 2.24) is 5.32 Å². The molecule has 1 aliphatic rings. The number of carbonyl (C=O) groups excluding carboxylic acids is 2. The van der Waals surface area contributed by atoms with Crippen LogP contribution < -0.4 is 20.1 Å². The molecule has 0 fully saturated rings. The fraction of sp³-hybridized carbons (Fsp3) is 0.227. The Morgan fingerprint density at radius 2 is 1.93 bits per heavy atom. The van der Waals surface area contributed by atoms with Crippen LogP contribution in [0.25, 0.3) is 0 Å². The highest BCUT2D eigenvalue weighted by molar-refractivity contribution is 8.03. The standard InChI is InChI=1S/C22H21N3O4S/c1-28-16-8-6-14(7-9-16)18-11-20(26)25-22(19(18)12-23)30-13-21(27)24-15-4-3-5-17(10-15)29-2/h3-10,18H,11,13H2,1-2H3,(H,24,27)(H,25,26)/t18-/m1/s1. The molecule has 0 saturated heterocycles. The van der Waals surface area contributed by atoms with Crippen LogP contribution >= 0.6 is 11.8 Å². The largest absolute Gasteiger partial charge is 0.497 e. The molecule has 2 aromatic carbocycles. The summed E-state index contributed by atoms with van der Waals surface area (Å²) < 4.78 is 10.3. The molecule has 154 valence electrons. The van der Waals surface area contributed by atoms with Crippen molar-refractivity contribution in [3.05, 3.63) is 64.7 Å². The van der Waals surface area contributed by atoms with Gasteiger partial charge in [0.05, 0.1) is 36.6 Å². The third kappa shape index (κ3) is 5.13. The average Bonchev–Trinajstić information content (AvgIpc) is 2.77. The third-order valence-corrected chi connectivity index (χ3v) is 5.59. The van der Waals surface area contributed by atoms with Gasteiger partial charge in [-0.2, -0.15) is 5.26 Å². The van der Waals surface area contributed by atoms with Gasteiger partial charge in [-0.3, -0.25) is 9.59 Å². The number of nitriles is 1. The molecule has 30 heavy (non-hydrogen) atoms. The van der Waals surface area contributed by atoms with Crippen LogP contribution in [0.5, 0.6) is 11.5 Å². The fourth-order valence-electron chi connectivity index (χ4n) is 3.09. The van der Waals surface area contributed by atoms with Gasteiger partial charge >= 0.3 is 0 Å². The van der Waals surface area contributed by atoms with Gasteiger partial charge in [-0.15, -0.1) is 0 Å². The van der Waals surface area contributed by atoms with Crippen molar-refractivity contribution in [3.63, 3.8) is 0 Å². The van der Waals surface area contributed by atoms with Crippen molar-refractivity contribution in [2.75, 3.05) is 25.3 Å². The van der Waals surface area contributed by atoms with E-state index < -0.39 is 0 Å². The van der Waals surface area contributed by atoms with Crippen LogP contribution in [0.2, 0.25) is 0 Å². The summed E-state index contributed by atoms with van der Waals surface area (Å²) in [4.78, 5) is 24.6. The van der Waals surface area contributed by atoms with E-state index in [0.29, 0.717) is 27.8 Å². The quantitative estimate of drug-likeness (QED) is 0.708. The first kappa shape index (κ1) is 21.3. The van der Waals surface area contributed by atoms with Crippen LogP contribution in [0.4, 0.5) is 5.69 Å². The average molecular weight is 423 g/mol. The lowest BCUT2D eigenvalue weighted by molar-refractivity contribution is -0.121. The second-order valence-electron chi connectivity index (χ2n) is 6.50. The molecule has 1 heterocycles. The number of hydrogen-bond acceptors (Lipinski definition) is 6. The molecule has 0 spiro atoms. The maximum atomic E-state index is 12.3. The number of anilines is 1. The van der Waals surface area contributed by atoms with E-state index in [2.05, 4.69) is 16.7 Å². The van der Waals surface area contributed by atoms with Crippen molar-refractivity contribution in [2.24, 2.45) is 0 Å². The smallest absolute Gasteiger partial charge is 0.234 e. The lowest BCUT2D eigenvalue weighted by atomic mass is 9.87. The van der Waals surface area contributed by atoms with Crippen LogP contribution in [0.1, 0.15) is 17.9 Å². The number of benzene rings is 2. The van der Waals surface area contributed by atoms with Gasteiger partial charge in [0.15, 0.2) is 0 Å². The molecular formula is C22H21N3O4S. The minimum Gasteiger partial charge on any atom is -0.497 e. The topological polar surface area (TPSA) is 100 Å². The molecule has 0 aliphatic carbocycles. The van der Waals surface area contributed by atoms with Gasteiger partial charge in [-0.05, 0) is 29.8 Å². The molecule has 0 aromatic heterocycles. The molecule has 0 bridgehead atoms. The van der Waals surface area contributed by atoms with Crippen molar-refractivity contribution in [2.45, 2.75) is 12.3 Å². The highest BCUT2D eigenvalue weighted by Crippen LogP contribution is 2.36. The number of rotatable bonds is 7. The first-order chi connectivity index (χ1) is 14.5. The summed E-state index contributed by atoms with van der Waals surface area (Å²) in [5.74, 6) is 0.581. The van der Waals surface area contributed by atoms with Crippen LogP contribution in [-0.2, 0) is 9.59 Å². The van der Waals surface area contributed by atoms with Crippen LogP contribution in [0.3, 0.4) is 0 Å². The molecular weight excluding hydrogens is 402 g/mol. The zero-order valence-corrected chi connectivity index (χ0v) is 17.4. The summed E-state index contributed by atoms with van der Waals surface area (Å²) in [6, 6.07) is 16.5. The lowest BCUT2D eigenvalue weighted by Gasteiger charge is -2.25. The monoisotopic (exact) mass is 423 g/mol. The Hall–Kier alpha value is -3.44. The summed E-state index contributed by atoms with van der Waals surface area (Å²) in [5.41, 5.74) is 1.90. The summed E-state index contributed by atoms with van der Waals surface area (Å²) in [7, 11) is 3.13. The number of nitrogens with one attached hydrogen (secondary N) is 2. The molecule has 7 nitrogen and oxygen atoms in total. The van der Waals surface area contributed by atoms with E-state index in [1.54, 1.807) is 50.6 Å². The Morgan fingerprint density at radius 1 is 1.20 bits per heavy atom. The number of carbonyl (C=O) groups is 2. The molecule has 0 radical (unpaired) electrons. The van der Waals surface area contributed by atoms with E-state index in [1.165, 1.54) is 0 Å². The van der Waals surface area contributed by atoms with Crippen molar-refractivity contribution in [1.29, 1.82) is 5.26 Å². The second-order valence-corrected chi connectivity index (χ2v) is 7.49.